The molecule has 2 aromatic heterocycles. The van der Waals surface area contributed by atoms with Crippen LogP contribution in [0.25, 0.3) is 16.7 Å². The van der Waals surface area contributed by atoms with Gasteiger partial charge in [-0.05, 0) is 48.7 Å². The third kappa shape index (κ3) is 4.89. The van der Waals surface area contributed by atoms with Crippen molar-refractivity contribution in [2.45, 2.75) is 26.4 Å². The summed E-state index contributed by atoms with van der Waals surface area (Å²) < 4.78 is 16.7. The minimum Gasteiger partial charge on any atom is -0.353 e. The SMILES string of the molecule is Cc1ccc(-n2cc3c(N4CCNC(C(=O)NCc5ccc(Br)c(C)c5)C4)ncnc3n2)cc1F. The van der Waals surface area contributed by atoms with Crippen LogP contribution in [-0.4, -0.2) is 51.3 Å². The first-order chi connectivity index (χ1) is 16.9. The minimum atomic E-state index is -0.383. The smallest absolute Gasteiger partial charge is 0.239 e. The second-order valence-corrected chi connectivity index (χ2v) is 9.55. The van der Waals surface area contributed by atoms with E-state index >= 15 is 0 Å². The number of benzene rings is 2. The fourth-order valence-electron chi connectivity index (χ4n) is 4.18. The second kappa shape index (κ2) is 9.71. The zero-order valence-electron chi connectivity index (χ0n) is 19.4. The van der Waals surface area contributed by atoms with Crippen LogP contribution >= 0.6 is 15.9 Å². The molecule has 1 amide bonds. The number of halogens is 2. The maximum atomic E-state index is 14.1. The molecule has 1 aliphatic heterocycles. The number of amides is 1. The van der Waals surface area contributed by atoms with Crippen LogP contribution < -0.4 is 15.5 Å². The van der Waals surface area contributed by atoms with Gasteiger partial charge in [0.05, 0.1) is 11.1 Å². The molecule has 1 saturated heterocycles. The molecule has 0 saturated carbocycles. The Morgan fingerprint density at radius 2 is 2.06 bits per heavy atom. The topological polar surface area (TPSA) is 88.0 Å². The van der Waals surface area contributed by atoms with Gasteiger partial charge in [0.15, 0.2) is 5.65 Å². The van der Waals surface area contributed by atoms with Crippen molar-refractivity contribution < 1.29 is 9.18 Å². The Kier molecular flexibility index (Phi) is 6.48. The number of nitrogens with one attached hydrogen (secondary N) is 2. The Hall–Kier alpha value is -3.37. The third-order valence-electron chi connectivity index (χ3n) is 6.20. The van der Waals surface area contributed by atoms with Crippen molar-refractivity contribution in [3.8, 4) is 5.69 Å². The number of carbonyl (C=O) groups excluding carboxylic acids is 1. The molecule has 2 aromatic carbocycles. The molecular weight excluding hydrogens is 513 g/mol. The highest BCUT2D eigenvalue weighted by Crippen LogP contribution is 2.25. The van der Waals surface area contributed by atoms with Crippen LogP contribution in [0.2, 0.25) is 0 Å². The summed E-state index contributed by atoms with van der Waals surface area (Å²) in [7, 11) is 0. The van der Waals surface area contributed by atoms with E-state index in [2.05, 4.69) is 52.6 Å². The van der Waals surface area contributed by atoms with Crippen molar-refractivity contribution in [2.75, 3.05) is 24.5 Å². The van der Waals surface area contributed by atoms with Gasteiger partial charge in [-0.25, -0.2) is 19.0 Å². The number of rotatable bonds is 5. The average molecular weight is 538 g/mol. The maximum absolute atomic E-state index is 14.1. The monoisotopic (exact) mass is 537 g/mol. The lowest BCUT2D eigenvalue weighted by molar-refractivity contribution is -0.123. The Labute approximate surface area is 210 Å². The van der Waals surface area contributed by atoms with Gasteiger partial charge in [0.2, 0.25) is 5.91 Å². The zero-order valence-corrected chi connectivity index (χ0v) is 21.0. The van der Waals surface area contributed by atoms with Crippen LogP contribution in [-0.2, 0) is 11.3 Å². The van der Waals surface area contributed by atoms with Crippen LogP contribution in [0.4, 0.5) is 10.2 Å². The summed E-state index contributed by atoms with van der Waals surface area (Å²) in [6.45, 7) is 5.99. The minimum absolute atomic E-state index is 0.0635. The van der Waals surface area contributed by atoms with E-state index in [9.17, 15) is 9.18 Å². The third-order valence-corrected chi connectivity index (χ3v) is 7.09. The zero-order chi connectivity index (χ0) is 24.5. The van der Waals surface area contributed by atoms with Crippen molar-refractivity contribution in [3.05, 3.63) is 75.9 Å². The lowest BCUT2D eigenvalue weighted by Gasteiger charge is -2.33. The van der Waals surface area contributed by atoms with Gasteiger partial charge in [-0.3, -0.25) is 4.79 Å². The largest absolute Gasteiger partial charge is 0.353 e. The molecule has 1 unspecified atom stereocenters. The number of anilines is 1. The number of hydrogen-bond acceptors (Lipinski definition) is 6. The van der Waals surface area contributed by atoms with Gasteiger partial charge >= 0.3 is 0 Å². The molecule has 2 N–H and O–H groups in total. The number of piperazine rings is 1. The molecule has 1 aliphatic rings. The van der Waals surface area contributed by atoms with Crippen LogP contribution in [0.5, 0.6) is 0 Å². The number of aromatic nitrogens is 4. The molecule has 4 aromatic rings. The number of fused-ring (bicyclic) bond motifs is 1. The predicted molar refractivity (Wildman–Crippen MR) is 136 cm³/mol. The number of nitrogens with zero attached hydrogens (tertiary/aromatic N) is 5. The van der Waals surface area contributed by atoms with E-state index in [1.165, 1.54) is 12.4 Å². The first-order valence-electron chi connectivity index (χ1n) is 11.4. The van der Waals surface area contributed by atoms with Gasteiger partial charge in [-0.15, -0.1) is 5.10 Å². The molecular formula is C25H25BrFN7O. The van der Waals surface area contributed by atoms with Gasteiger partial charge in [0.1, 0.15) is 24.0 Å². The molecule has 1 atom stereocenters. The van der Waals surface area contributed by atoms with Crippen molar-refractivity contribution in [2.24, 2.45) is 0 Å². The standard InChI is InChI=1S/C25H25BrFN7O/c1-15-3-5-18(10-21(15)27)34-12-19-23(32-34)30-14-31-24(19)33-8-7-28-22(13-33)25(35)29-11-17-4-6-20(26)16(2)9-17/h3-6,9-10,12,14,22,28H,7-8,11,13H2,1-2H3,(H,29,35). The fraction of sp³-hybridized carbons (Fsp3) is 0.280. The summed E-state index contributed by atoms with van der Waals surface area (Å²) in [6, 6.07) is 10.6. The molecule has 5 rings (SSSR count). The second-order valence-electron chi connectivity index (χ2n) is 8.70. The molecule has 0 aliphatic carbocycles. The van der Waals surface area contributed by atoms with E-state index in [1.807, 2.05) is 31.3 Å². The lowest BCUT2D eigenvalue weighted by atomic mass is 10.1. The Morgan fingerprint density at radius 1 is 1.20 bits per heavy atom. The van der Waals surface area contributed by atoms with Crippen LogP contribution in [0.1, 0.15) is 16.7 Å². The Morgan fingerprint density at radius 3 is 2.86 bits per heavy atom. The summed E-state index contributed by atoms with van der Waals surface area (Å²) in [5.41, 5.74) is 3.87. The van der Waals surface area contributed by atoms with Gasteiger partial charge in [-0.2, -0.15) is 0 Å². The summed E-state index contributed by atoms with van der Waals surface area (Å²) >= 11 is 3.50. The highest BCUT2D eigenvalue weighted by atomic mass is 79.9. The highest BCUT2D eigenvalue weighted by Gasteiger charge is 2.27. The summed E-state index contributed by atoms with van der Waals surface area (Å²) in [5, 5.41) is 11.6. The maximum Gasteiger partial charge on any atom is 0.239 e. The molecule has 180 valence electrons. The lowest BCUT2D eigenvalue weighted by Crippen LogP contribution is -2.57. The molecule has 35 heavy (non-hydrogen) atoms. The molecule has 1 fully saturated rings. The van der Waals surface area contributed by atoms with Gasteiger partial charge < -0.3 is 15.5 Å². The van der Waals surface area contributed by atoms with Crippen molar-refractivity contribution >= 4 is 38.7 Å². The number of hydrogen-bond donors (Lipinski definition) is 2. The average Bonchev–Trinajstić information content (AvgIpc) is 3.31. The van der Waals surface area contributed by atoms with Crippen LogP contribution in [0.15, 0.2) is 53.4 Å². The normalized spacial score (nSPS) is 16.0. The molecule has 0 spiro atoms. The van der Waals surface area contributed by atoms with Gasteiger partial charge in [0.25, 0.3) is 0 Å². The molecule has 10 heteroatoms. The van der Waals surface area contributed by atoms with E-state index in [0.717, 1.165) is 21.0 Å². The first-order valence-corrected chi connectivity index (χ1v) is 12.2. The fourth-order valence-corrected chi connectivity index (χ4v) is 4.43. The quantitative estimate of drug-likeness (QED) is 0.405. The summed E-state index contributed by atoms with van der Waals surface area (Å²) in [6.07, 6.45) is 3.28. The molecule has 3 heterocycles. The Balaban J connectivity index is 1.33. The van der Waals surface area contributed by atoms with Crippen LogP contribution in [0.3, 0.4) is 0 Å². The molecule has 8 nitrogen and oxygen atoms in total. The molecule has 0 radical (unpaired) electrons. The van der Waals surface area contributed by atoms with Crippen molar-refractivity contribution in [1.82, 2.24) is 30.4 Å². The van der Waals surface area contributed by atoms with E-state index < -0.39 is 0 Å². The van der Waals surface area contributed by atoms with E-state index in [0.29, 0.717) is 48.9 Å². The highest BCUT2D eigenvalue weighted by molar-refractivity contribution is 9.10. The molecule has 0 bridgehead atoms. The number of aryl methyl sites for hydroxylation is 2. The van der Waals surface area contributed by atoms with Gasteiger partial charge in [-0.1, -0.05) is 34.1 Å². The first kappa shape index (κ1) is 23.4. The summed E-state index contributed by atoms with van der Waals surface area (Å²) in [5.74, 6) is 0.352. The van der Waals surface area contributed by atoms with E-state index in [-0.39, 0.29) is 17.8 Å². The van der Waals surface area contributed by atoms with E-state index in [4.69, 9.17) is 0 Å². The summed E-state index contributed by atoms with van der Waals surface area (Å²) in [4.78, 5) is 23.8. The van der Waals surface area contributed by atoms with Crippen molar-refractivity contribution in [1.29, 1.82) is 0 Å². The van der Waals surface area contributed by atoms with Gasteiger partial charge in [0, 0.05) is 36.8 Å². The Bertz CT molecular complexity index is 1410. The number of carbonyl (C=O) groups is 1. The predicted octanol–water partition coefficient (Wildman–Crippen LogP) is 3.43. The van der Waals surface area contributed by atoms with Crippen molar-refractivity contribution in [3.63, 3.8) is 0 Å². The van der Waals surface area contributed by atoms with Crippen LogP contribution in [0, 0.1) is 19.7 Å². The van der Waals surface area contributed by atoms with E-state index in [1.54, 1.807) is 17.7 Å².